The number of carbonyl (C=O) groups excluding carboxylic acids is 2. The van der Waals surface area contributed by atoms with E-state index in [9.17, 15) is 9.59 Å². The van der Waals surface area contributed by atoms with Crippen molar-refractivity contribution in [2.75, 3.05) is 13.7 Å². The normalized spacial score (nSPS) is 10.6. The van der Waals surface area contributed by atoms with Gasteiger partial charge in [-0.25, -0.2) is 4.79 Å². The largest absolute Gasteiger partial charge is 0.482 e. The van der Waals surface area contributed by atoms with E-state index in [1.54, 1.807) is 28.8 Å². The number of nitrogens with one attached hydrogen (secondary N) is 1. The zero-order valence-electron chi connectivity index (χ0n) is 19.2. The molecule has 0 aliphatic heterocycles. The van der Waals surface area contributed by atoms with E-state index in [0.717, 1.165) is 30.4 Å². The van der Waals surface area contributed by atoms with Crippen molar-refractivity contribution in [1.29, 1.82) is 5.41 Å². The smallest absolute Gasteiger partial charge is 0.343 e. The second-order valence-corrected chi connectivity index (χ2v) is 7.78. The molecule has 0 aliphatic carbocycles. The fourth-order valence-electron chi connectivity index (χ4n) is 3.73. The summed E-state index contributed by atoms with van der Waals surface area (Å²) < 4.78 is 13.6. The maximum Gasteiger partial charge on any atom is 0.343 e. The molecule has 7 nitrogen and oxygen atoms in total. The summed E-state index contributed by atoms with van der Waals surface area (Å²) in [6.07, 6.45) is 5.81. The van der Waals surface area contributed by atoms with Crippen LogP contribution in [-0.4, -0.2) is 34.6 Å². The van der Waals surface area contributed by atoms with Gasteiger partial charge in [0.05, 0.1) is 24.7 Å². The second-order valence-electron chi connectivity index (χ2n) is 7.78. The number of aromatic nitrogens is 2. The summed E-state index contributed by atoms with van der Waals surface area (Å²) in [5.74, 6) is -0.0689. The fourth-order valence-corrected chi connectivity index (χ4v) is 3.73. The van der Waals surface area contributed by atoms with Gasteiger partial charge >= 0.3 is 5.97 Å². The molecule has 1 N–H and O–H groups in total. The van der Waals surface area contributed by atoms with Crippen LogP contribution in [0.15, 0.2) is 48.5 Å². The number of halogens is 1. The predicted octanol–water partition coefficient (Wildman–Crippen LogP) is 4.91. The molecule has 178 valence electrons. The predicted molar refractivity (Wildman–Crippen MR) is 133 cm³/mol. The van der Waals surface area contributed by atoms with Crippen LogP contribution in [0.3, 0.4) is 0 Å². The Bertz CT molecular complexity index is 1120. The fraction of sp³-hybridized carbons (Fsp3) is 0.400. The molecule has 0 aliphatic rings. The zero-order valence-corrected chi connectivity index (χ0v) is 20.9. The Morgan fingerprint density at radius 2 is 1.55 bits per heavy atom. The van der Waals surface area contributed by atoms with Gasteiger partial charge in [-0.1, -0.05) is 44.7 Å². The molecule has 0 radical (unpaired) electrons. The van der Waals surface area contributed by atoms with Crippen LogP contribution in [0.2, 0.25) is 0 Å². The molecule has 0 amide bonds. The third-order valence-electron chi connectivity index (χ3n) is 5.52. The van der Waals surface area contributed by atoms with Crippen LogP contribution in [0.4, 0.5) is 0 Å². The highest BCUT2D eigenvalue weighted by atomic mass is 79.9. The molecule has 2 aromatic carbocycles. The number of aryl methyl sites for hydroxylation is 1. The monoisotopic (exact) mass is 517 g/mol. The summed E-state index contributed by atoms with van der Waals surface area (Å²) in [5, 5.41) is 8.70. The van der Waals surface area contributed by atoms with E-state index in [4.69, 9.17) is 10.1 Å². The Morgan fingerprint density at radius 3 is 2.18 bits per heavy atom. The second kappa shape index (κ2) is 13.0. The summed E-state index contributed by atoms with van der Waals surface area (Å²) in [5.41, 5.74) is 2.73. The number of para-hydroxylation sites is 2. The molecule has 3 rings (SSSR count). The number of hydrogen-bond acceptors (Lipinski definition) is 5. The maximum absolute atomic E-state index is 12.9. The Labute approximate surface area is 204 Å². The highest BCUT2D eigenvalue weighted by Gasteiger charge is 2.14. The van der Waals surface area contributed by atoms with Crippen LogP contribution >= 0.6 is 17.0 Å². The molecule has 0 spiro atoms. The molecule has 0 saturated carbocycles. The van der Waals surface area contributed by atoms with Crippen molar-refractivity contribution in [3.63, 3.8) is 0 Å². The van der Waals surface area contributed by atoms with E-state index in [1.807, 2.05) is 28.8 Å². The number of benzene rings is 2. The Morgan fingerprint density at radius 1 is 0.909 bits per heavy atom. The number of nitrogens with zero attached hydrogens (tertiary/aromatic N) is 2. The minimum atomic E-state index is -0.466. The molecule has 0 bridgehead atoms. The van der Waals surface area contributed by atoms with Crippen molar-refractivity contribution in [2.24, 2.45) is 0 Å². The molecule has 1 aromatic heterocycles. The first-order valence-electron chi connectivity index (χ1n) is 11.1. The van der Waals surface area contributed by atoms with Gasteiger partial charge < -0.3 is 18.6 Å². The van der Waals surface area contributed by atoms with Crippen molar-refractivity contribution >= 4 is 39.8 Å². The number of ether oxygens (including phenoxy) is 2. The lowest BCUT2D eigenvalue weighted by Gasteiger charge is -2.07. The highest BCUT2D eigenvalue weighted by Crippen LogP contribution is 2.17. The zero-order chi connectivity index (χ0) is 22.9. The molecule has 0 saturated heterocycles. The average Bonchev–Trinajstić information content (AvgIpc) is 3.08. The van der Waals surface area contributed by atoms with E-state index in [-0.39, 0.29) is 35.9 Å². The number of ketones is 1. The van der Waals surface area contributed by atoms with E-state index in [0.29, 0.717) is 16.9 Å². The first-order chi connectivity index (χ1) is 15.5. The molecule has 3 aromatic rings. The van der Waals surface area contributed by atoms with Crippen molar-refractivity contribution in [3.8, 4) is 5.75 Å². The van der Waals surface area contributed by atoms with Gasteiger partial charge in [0.2, 0.25) is 5.62 Å². The van der Waals surface area contributed by atoms with Gasteiger partial charge in [0, 0.05) is 12.1 Å². The molecule has 33 heavy (non-hydrogen) atoms. The first-order valence-corrected chi connectivity index (χ1v) is 11.1. The Hall–Kier alpha value is -2.87. The molecular formula is C25H32BrN3O4. The van der Waals surface area contributed by atoms with E-state index >= 15 is 0 Å². The minimum Gasteiger partial charge on any atom is -0.482 e. The lowest BCUT2D eigenvalue weighted by molar-refractivity contribution is -0.142. The van der Waals surface area contributed by atoms with Gasteiger partial charge in [0.15, 0.2) is 12.4 Å². The molecular weight excluding hydrogens is 486 g/mol. The molecule has 8 heteroatoms. The maximum atomic E-state index is 12.9. The van der Waals surface area contributed by atoms with E-state index < -0.39 is 5.97 Å². The van der Waals surface area contributed by atoms with E-state index in [1.165, 1.54) is 26.4 Å². The quantitative estimate of drug-likeness (QED) is 0.210. The minimum absolute atomic E-state index is 0. The number of rotatable bonds is 12. The SMILES string of the molecule is Br.CCCCCCCn1c(=N)n(CC(=O)c2ccc(OCC(=O)OC)cc2)c2ccccc21. The number of fused-ring (bicyclic) bond motifs is 1. The molecule has 1 heterocycles. The van der Waals surface area contributed by atoms with Gasteiger partial charge in [-0.3, -0.25) is 10.2 Å². The average molecular weight is 518 g/mol. The van der Waals surface area contributed by atoms with Crippen molar-refractivity contribution in [2.45, 2.75) is 52.1 Å². The summed E-state index contributed by atoms with van der Waals surface area (Å²) in [7, 11) is 1.30. The number of methoxy groups -OCH3 is 1. The summed E-state index contributed by atoms with van der Waals surface area (Å²) >= 11 is 0. The molecule has 0 unspecified atom stereocenters. The lowest BCUT2D eigenvalue weighted by atomic mass is 10.1. The number of carbonyl (C=O) groups is 2. The Balaban J connectivity index is 0.00000385. The number of unbranched alkanes of at least 4 members (excludes halogenated alkanes) is 4. The molecule has 0 fully saturated rings. The summed E-state index contributed by atoms with van der Waals surface area (Å²) in [4.78, 5) is 24.1. The van der Waals surface area contributed by atoms with Gasteiger partial charge in [-0.05, 0) is 42.8 Å². The Kier molecular flexibility index (Phi) is 10.4. The first kappa shape index (κ1) is 26.4. The van der Waals surface area contributed by atoms with Crippen molar-refractivity contribution in [1.82, 2.24) is 9.13 Å². The van der Waals surface area contributed by atoms with Crippen LogP contribution in [0.5, 0.6) is 5.75 Å². The van der Waals surface area contributed by atoms with Crippen LogP contribution in [0.25, 0.3) is 11.0 Å². The van der Waals surface area contributed by atoms with Gasteiger partial charge in [-0.2, -0.15) is 0 Å². The number of imidazole rings is 1. The topological polar surface area (TPSA) is 86.3 Å². The van der Waals surface area contributed by atoms with Crippen molar-refractivity contribution in [3.05, 3.63) is 59.7 Å². The molecule has 0 atom stereocenters. The van der Waals surface area contributed by atoms with Crippen LogP contribution in [-0.2, 0) is 22.6 Å². The van der Waals surface area contributed by atoms with Gasteiger partial charge in [0.25, 0.3) is 0 Å². The number of esters is 1. The van der Waals surface area contributed by atoms with Gasteiger partial charge in [0.1, 0.15) is 5.75 Å². The summed E-state index contributed by atoms with van der Waals surface area (Å²) in [6.45, 7) is 2.88. The highest BCUT2D eigenvalue weighted by molar-refractivity contribution is 8.93. The van der Waals surface area contributed by atoms with Crippen LogP contribution < -0.4 is 10.4 Å². The number of Topliss-reactive ketones (excluding diaryl/α,β-unsaturated/α-hetero) is 1. The van der Waals surface area contributed by atoms with Crippen LogP contribution in [0, 0.1) is 5.41 Å². The van der Waals surface area contributed by atoms with Gasteiger partial charge in [-0.15, -0.1) is 17.0 Å². The third-order valence-corrected chi connectivity index (χ3v) is 5.52. The van der Waals surface area contributed by atoms with Crippen molar-refractivity contribution < 1.29 is 19.1 Å². The van der Waals surface area contributed by atoms with Crippen LogP contribution in [0.1, 0.15) is 49.4 Å². The standard InChI is InChI=1S/C25H31N3O4.BrH/c1-3-4-5-6-9-16-27-21-10-7-8-11-22(21)28(25(27)26)17-23(29)19-12-14-20(15-13-19)32-18-24(30)31-2;/h7-8,10-15,26H,3-6,9,16-18H2,1-2H3;1H. The number of hydrogen-bond donors (Lipinski definition) is 1. The third kappa shape index (κ3) is 6.81. The lowest BCUT2D eigenvalue weighted by Crippen LogP contribution is -2.27. The summed E-state index contributed by atoms with van der Waals surface area (Å²) in [6, 6.07) is 14.5. The van der Waals surface area contributed by atoms with E-state index in [2.05, 4.69) is 11.7 Å².